The third-order valence-electron chi connectivity index (χ3n) is 1.54. The smallest absolute Gasteiger partial charge is 0.228 e. The molecule has 0 saturated carbocycles. The van der Waals surface area contributed by atoms with E-state index < -0.39 is 0 Å². The van der Waals surface area contributed by atoms with E-state index in [1.165, 1.54) is 0 Å². The lowest BCUT2D eigenvalue weighted by atomic mass is 10.3. The molecule has 0 heterocycles. The molecule has 0 fully saturated rings. The average Bonchev–Trinajstić information content (AvgIpc) is 2.10. The van der Waals surface area contributed by atoms with Crippen molar-refractivity contribution in [1.82, 2.24) is 4.90 Å². The third-order valence-corrected chi connectivity index (χ3v) is 1.54. The summed E-state index contributed by atoms with van der Waals surface area (Å²) in [4.78, 5) is 15.2. The van der Waals surface area contributed by atoms with Gasteiger partial charge in [0, 0.05) is 18.5 Å². The standard InChI is InChI=1S/C7H14N4O/c1-3-4-5-11(2)7(12)6-9-10-8/h3-6H2,1-2H3. The Kier molecular flexibility index (Phi) is 5.83. The van der Waals surface area contributed by atoms with E-state index in [0.717, 1.165) is 19.4 Å². The number of likely N-dealkylation sites (N-methyl/N-ethyl adjacent to an activating group) is 1. The van der Waals surface area contributed by atoms with Gasteiger partial charge in [0.1, 0.15) is 6.54 Å². The van der Waals surface area contributed by atoms with Gasteiger partial charge in [-0.2, -0.15) is 0 Å². The molecule has 0 aromatic heterocycles. The van der Waals surface area contributed by atoms with Crippen LogP contribution >= 0.6 is 0 Å². The van der Waals surface area contributed by atoms with Gasteiger partial charge in [-0.25, -0.2) is 0 Å². The van der Waals surface area contributed by atoms with E-state index in [1.54, 1.807) is 11.9 Å². The van der Waals surface area contributed by atoms with Crippen LogP contribution in [0.1, 0.15) is 19.8 Å². The summed E-state index contributed by atoms with van der Waals surface area (Å²) in [6.45, 7) is 2.72. The molecule has 0 bridgehead atoms. The van der Waals surface area contributed by atoms with Crippen LogP contribution in [-0.4, -0.2) is 30.9 Å². The zero-order chi connectivity index (χ0) is 9.40. The van der Waals surface area contributed by atoms with E-state index in [1.807, 2.05) is 0 Å². The molecule has 0 saturated heterocycles. The summed E-state index contributed by atoms with van der Waals surface area (Å²) >= 11 is 0. The molecule has 0 aliphatic carbocycles. The zero-order valence-corrected chi connectivity index (χ0v) is 7.53. The minimum atomic E-state index is -0.124. The van der Waals surface area contributed by atoms with Crippen molar-refractivity contribution in [3.8, 4) is 0 Å². The Hall–Kier alpha value is -1.22. The molecule has 5 nitrogen and oxygen atoms in total. The number of rotatable bonds is 5. The van der Waals surface area contributed by atoms with E-state index in [9.17, 15) is 4.79 Å². The van der Waals surface area contributed by atoms with Gasteiger partial charge >= 0.3 is 0 Å². The molecule has 0 radical (unpaired) electrons. The molecule has 5 heteroatoms. The quantitative estimate of drug-likeness (QED) is 0.350. The van der Waals surface area contributed by atoms with Crippen molar-refractivity contribution >= 4 is 5.91 Å². The van der Waals surface area contributed by atoms with Crippen LogP contribution in [0.3, 0.4) is 0 Å². The molecule has 12 heavy (non-hydrogen) atoms. The van der Waals surface area contributed by atoms with Gasteiger partial charge < -0.3 is 4.90 Å². The van der Waals surface area contributed by atoms with Crippen molar-refractivity contribution in [3.05, 3.63) is 10.4 Å². The largest absolute Gasteiger partial charge is 0.346 e. The second-order valence-corrected chi connectivity index (χ2v) is 2.56. The predicted molar refractivity (Wildman–Crippen MR) is 46.6 cm³/mol. The number of unbranched alkanes of at least 4 members (excludes halogenated alkanes) is 1. The summed E-state index contributed by atoms with van der Waals surface area (Å²) in [7, 11) is 1.71. The topological polar surface area (TPSA) is 69.1 Å². The minimum absolute atomic E-state index is 0.0727. The number of hydrogen-bond acceptors (Lipinski definition) is 2. The lowest BCUT2D eigenvalue weighted by Gasteiger charge is -2.14. The molecule has 0 aromatic carbocycles. The van der Waals surface area contributed by atoms with Crippen molar-refractivity contribution in [2.24, 2.45) is 5.11 Å². The van der Waals surface area contributed by atoms with Crippen LogP contribution < -0.4 is 0 Å². The van der Waals surface area contributed by atoms with Crippen molar-refractivity contribution in [3.63, 3.8) is 0 Å². The van der Waals surface area contributed by atoms with Crippen LogP contribution in [0.15, 0.2) is 5.11 Å². The molecule has 0 aliphatic heterocycles. The fourth-order valence-electron chi connectivity index (χ4n) is 0.733. The van der Waals surface area contributed by atoms with E-state index >= 15 is 0 Å². The molecule has 68 valence electrons. The number of nitrogens with zero attached hydrogens (tertiary/aromatic N) is 4. The van der Waals surface area contributed by atoms with E-state index in [-0.39, 0.29) is 12.5 Å². The number of carbonyl (C=O) groups excluding carboxylic acids is 1. The minimum Gasteiger partial charge on any atom is -0.346 e. The maximum Gasteiger partial charge on any atom is 0.228 e. The molecule has 0 rings (SSSR count). The Balaban J connectivity index is 3.68. The SMILES string of the molecule is CCCCN(C)C(=O)CN=[N+]=[N-]. The first-order valence-corrected chi connectivity index (χ1v) is 3.97. The highest BCUT2D eigenvalue weighted by atomic mass is 16.2. The number of hydrogen-bond donors (Lipinski definition) is 0. The second-order valence-electron chi connectivity index (χ2n) is 2.56. The molecular weight excluding hydrogens is 156 g/mol. The summed E-state index contributed by atoms with van der Waals surface area (Å²) in [6.07, 6.45) is 2.04. The summed E-state index contributed by atoms with van der Waals surface area (Å²) in [5.41, 5.74) is 7.96. The maximum absolute atomic E-state index is 11.1. The molecule has 1 amide bonds. The fraction of sp³-hybridized carbons (Fsp3) is 0.857. The number of azide groups is 1. The van der Waals surface area contributed by atoms with Crippen molar-refractivity contribution in [2.75, 3.05) is 20.1 Å². The Bertz CT molecular complexity index is 186. The Morgan fingerprint density at radius 1 is 1.67 bits per heavy atom. The van der Waals surface area contributed by atoms with Crippen molar-refractivity contribution in [2.45, 2.75) is 19.8 Å². The summed E-state index contributed by atoms with van der Waals surface area (Å²) in [5, 5.41) is 3.19. The molecule has 0 aliphatic rings. The predicted octanol–water partition coefficient (Wildman–Crippen LogP) is 1.56. The van der Waals surface area contributed by atoms with Crippen LogP contribution in [0, 0.1) is 0 Å². The first-order chi connectivity index (χ1) is 5.72. The highest BCUT2D eigenvalue weighted by molar-refractivity contribution is 5.78. The van der Waals surface area contributed by atoms with Gasteiger partial charge in [-0.1, -0.05) is 18.5 Å². The van der Waals surface area contributed by atoms with Crippen LogP contribution in [-0.2, 0) is 4.79 Å². The third kappa shape index (κ3) is 4.57. The zero-order valence-electron chi connectivity index (χ0n) is 7.53. The van der Waals surface area contributed by atoms with Gasteiger partial charge in [-0.05, 0) is 12.0 Å². The van der Waals surface area contributed by atoms with Gasteiger partial charge in [0.25, 0.3) is 0 Å². The maximum atomic E-state index is 11.1. The molecule has 0 aromatic rings. The van der Waals surface area contributed by atoms with Crippen LogP contribution in [0.5, 0.6) is 0 Å². The summed E-state index contributed by atoms with van der Waals surface area (Å²) in [5.74, 6) is -0.124. The first-order valence-electron chi connectivity index (χ1n) is 3.97. The van der Waals surface area contributed by atoms with Gasteiger partial charge in [0.2, 0.25) is 5.91 Å². The molecule has 0 unspecified atom stereocenters. The fourth-order valence-corrected chi connectivity index (χ4v) is 0.733. The number of amides is 1. The summed E-state index contributed by atoms with van der Waals surface area (Å²) in [6, 6.07) is 0. The van der Waals surface area contributed by atoms with Gasteiger partial charge in [0.15, 0.2) is 0 Å². The Morgan fingerprint density at radius 2 is 2.33 bits per heavy atom. The summed E-state index contributed by atoms with van der Waals surface area (Å²) < 4.78 is 0. The first kappa shape index (κ1) is 10.8. The van der Waals surface area contributed by atoms with E-state index in [2.05, 4.69) is 16.9 Å². The van der Waals surface area contributed by atoms with E-state index in [0.29, 0.717) is 0 Å². The molecular formula is C7H14N4O. The van der Waals surface area contributed by atoms with Crippen molar-refractivity contribution < 1.29 is 4.79 Å². The normalized spacial score (nSPS) is 8.83. The van der Waals surface area contributed by atoms with Crippen LogP contribution in [0.4, 0.5) is 0 Å². The highest BCUT2D eigenvalue weighted by Crippen LogP contribution is 1.92. The Morgan fingerprint density at radius 3 is 2.83 bits per heavy atom. The lowest BCUT2D eigenvalue weighted by Crippen LogP contribution is -2.29. The van der Waals surface area contributed by atoms with Crippen LogP contribution in [0.25, 0.3) is 10.4 Å². The Labute approximate surface area is 72.0 Å². The lowest BCUT2D eigenvalue weighted by molar-refractivity contribution is -0.128. The molecule has 0 N–H and O–H groups in total. The highest BCUT2D eigenvalue weighted by Gasteiger charge is 2.04. The van der Waals surface area contributed by atoms with E-state index in [4.69, 9.17) is 5.53 Å². The second kappa shape index (κ2) is 6.49. The van der Waals surface area contributed by atoms with Crippen molar-refractivity contribution in [1.29, 1.82) is 0 Å². The monoisotopic (exact) mass is 170 g/mol. The van der Waals surface area contributed by atoms with Gasteiger partial charge in [-0.15, -0.1) is 0 Å². The van der Waals surface area contributed by atoms with Gasteiger partial charge in [0.05, 0.1) is 0 Å². The average molecular weight is 170 g/mol. The number of carbonyl (C=O) groups is 1. The van der Waals surface area contributed by atoms with Crippen LogP contribution in [0.2, 0.25) is 0 Å². The molecule has 0 spiro atoms. The molecule has 0 atom stereocenters. The van der Waals surface area contributed by atoms with Gasteiger partial charge in [-0.3, -0.25) is 4.79 Å².